The van der Waals surface area contributed by atoms with Crippen molar-refractivity contribution < 1.29 is 4.79 Å². The van der Waals surface area contributed by atoms with Crippen LogP contribution in [0.2, 0.25) is 0 Å². The molecule has 1 saturated heterocycles. The van der Waals surface area contributed by atoms with E-state index in [0.29, 0.717) is 12.5 Å². The second-order valence-electron chi connectivity index (χ2n) is 4.44. The number of aromatic nitrogens is 2. The summed E-state index contributed by atoms with van der Waals surface area (Å²) in [5.74, 6) is 0.649. The number of rotatable bonds is 3. The van der Waals surface area contributed by atoms with E-state index in [1.807, 2.05) is 19.3 Å². The number of aryl methyl sites for hydroxylation is 1. The predicted octanol–water partition coefficient (Wildman–Crippen LogP) is -0.108. The third-order valence-corrected chi connectivity index (χ3v) is 3.07. The van der Waals surface area contributed by atoms with Crippen molar-refractivity contribution in [2.45, 2.75) is 13.5 Å². The van der Waals surface area contributed by atoms with Crippen LogP contribution in [0.4, 0.5) is 0 Å². The molecule has 0 aliphatic carbocycles. The highest BCUT2D eigenvalue weighted by Crippen LogP contribution is 2.15. The fourth-order valence-corrected chi connectivity index (χ4v) is 2.03. The normalized spacial score (nSPS) is 24.6. The quantitative estimate of drug-likeness (QED) is 0.750. The van der Waals surface area contributed by atoms with Crippen molar-refractivity contribution in [3.05, 3.63) is 18.0 Å². The van der Waals surface area contributed by atoms with E-state index in [1.165, 1.54) is 0 Å². The summed E-state index contributed by atoms with van der Waals surface area (Å²) < 4.78 is 1.74. The Balaban J connectivity index is 1.83. The van der Waals surface area contributed by atoms with Gasteiger partial charge in [0.1, 0.15) is 0 Å². The number of carbonyl (C=O) groups excluding carboxylic acids is 1. The van der Waals surface area contributed by atoms with Crippen molar-refractivity contribution in [1.29, 1.82) is 0 Å². The molecule has 1 amide bonds. The summed E-state index contributed by atoms with van der Waals surface area (Å²) >= 11 is 0. The van der Waals surface area contributed by atoms with E-state index in [1.54, 1.807) is 4.68 Å². The van der Waals surface area contributed by atoms with Gasteiger partial charge in [0.05, 0.1) is 18.2 Å². The molecule has 1 aromatic heterocycles. The average molecular weight is 222 g/mol. The smallest absolute Gasteiger partial charge is 0.225 e. The third kappa shape index (κ3) is 2.41. The zero-order valence-electron chi connectivity index (χ0n) is 9.73. The fourth-order valence-electron chi connectivity index (χ4n) is 2.03. The Labute approximate surface area is 95.2 Å². The molecule has 2 N–H and O–H groups in total. The monoisotopic (exact) mass is 222 g/mol. The highest BCUT2D eigenvalue weighted by atomic mass is 16.1. The van der Waals surface area contributed by atoms with Gasteiger partial charge in [-0.2, -0.15) is 5.10 Å². The van der Waals surface area contributed by atoms with Gasteiger partial charge in [-0.3, -0.25) is 9.48 Å². The Morgan fingerprint density at radius 2 is 2.50 bits per heavy atom. The lowest BCUT2D eigenvalue weighted by Gasteiger charge is -2.13. The van der Waals surface area contributed by atoms with Crippen LogP contribution in [-0.4, -0.2) is 28.8 Å². The molecule has 5 heteroatoms. The molecule has 1 fully saturated rings. The number of carbonyl (C=O) groups is 1. The molecule has 0 unspecified atom stereocenters. The van der Waals surface area contributed by atoms with Crippen LogP contribution in [-0.2, 0) is 18.4 Å². The zero-order valence-corrected chi connectivity index (χ0v) is 9.73. The Morgan fingerprint density at radius 1 is 1.69 bits per heavy atom. The molecular formula is C11H18N4O. The summed E-state index contributed by atoms with van der Waals surface area (Å²) in [4.78, 5) is 11.9. The van der Waals surface area contributed by atoms with E-state index in [4.69, 9.17) is 0 Å². The van der Waals surface area contributed by atoms with Gasteiger partial charge in [0.25, 0.3) is 0 Å². The number of amides is 1. The van der Waals surface area contributed by atoms with E-state index < -0.39 is 0 Å². The van der Waals surface area contributed by atoms with Crippen LogP contribution in [0.1, 0.15) is 12.6 Å². The minimum absolute atomic E-state index is 0.101. The van der Waals surface area contributed by atoms with E-state index in [9.17, 15) is 4.79 Å². The van der Waals surface area contributed by atoms with E-state index >= 15 is 0 Å². The van der Waals surface area contributed by atoms with Crippen molar-refractivity contribution in [3.8, 4) is 0 Å². The summed E-state index contributed by atoms with van der Waals surface area (Å²) in [6, 6.07) is 1.91. The minimum atomic E-state index is 0.101. The molecule has 0 radical (unpaired) electrons. The van der Waals surface area contributed by atoms with Gasteiger partial charge < -0.3 is 10.6 Å². The number of nitrogens with one attached hydrogen (secondary N) is 2. The highest BCUT2D eigenvalue weighted by Gasteiger charge is 2.29. The minimum Gasteiger partial charge on any atom is -0.350 e. The van der Waals surface area contributed by atoms with Gasteiger partial charge in [-0.15, -0.1) is 0 Å². The average Bonchev–Trinajstić information content (AvgIpc) is 2.84. The highest BCUT2D eigenvalue weighted by molar-refractivity contribution is 5.79. The maximum atomic E-state index is 11.9. The number of nitrogens with zero attached hydrogens (tertiary/aromatic N) is 2. The second kappa shape index (κ2) is 4.65. The first-order valence-electron chi connectivity index (χ1n) is 5.64. The first kappa shape index (κ1) is 11.1. The topological polar surface area (TPSA) is 59.0 Å². The summed E-state index contributed by atoms with van der Waals surface area (Å²) in [7, 11) is 1.87. The standard InChI is InChI=1S/C11H18N4O/c1-8-5-12-7-10(8)11(16)13-6-9-3-4-15(2)14-9/h3-4,8,10,12H,5-7H2,1-2H3,(H,13,16)/t8-,10-/m1/s1. The number of hydrogen-bond acceptors (Lipinski definition) is 3. The largest absolute Gasteiger partial charge is 0.350 e. The molecule has 2 rings (SSSR count). The van der Waals surface area contributed by atoms with Gasteiger partial charge in [0.15, 0.2) is 0 Å². The molecule has 2 heterocycles. The summed E-state index contributed by atoms with van der Waals surface area (Å²) in [6.07, 6.45) is 1.88. The van der Waals surface area contributed by atoms with Crippen LogP contribution in [0.25, 0.3) is 0 Å². The van der Waals surface area contributed by atoms with Crippen molar-refractivity contribution in [2.75, 3.05) is 13.1 Å². The lowest BCUT2D eigenvalue weighted by molar-refractivity contribution is -0.125. The molecule has 0 aromatic carbocycles. The second-order valence-corrected chi connectivity index (χ2v) is 4.44. The van der Waals surface area contributed by atoms with Crippen LogP contribution >= 0.6 is 0 Å². The molecule has 2 atom stereocenters. The molecule has 0 spiro atoms. The number of hydrogen-bond donors (Lipinski definition) is 2. The lowest BCUT2D eigenvalue weighted by Crippen LogP contribution is -2.34. The van der Waals surface area contributed by atoms with Crippen LogP contribution in [0.15, 0.2) is 12.3 Å². The Morgan fingerprint density at radius 3 is 3.06 bits per heavy atom. The van der Waals surface area contributed by atoms with Crippen molar-refractivity contribution in [3.63, 3.8) is 0 Å². The summed E-state index contributed by atoms with van der Waals surface area (Å²) in [5.41, 5.74) is 0.898. The summed E-state index contributed by atoms with van der Waals surface area (Å²) in [5, 5.41) is 10.4. The summed E-state index contributed by atoms with van der Waals surface area (Å²) in [6.45, 7) is 4.34. The Kier molecular flexibility index (Phi) is 3.24. The van der Waals surface area contributed by atoms with Gasteiger partial charge in [0, 0.05) is 19.8 Å². The zero-order chi connectivity index (χ0) is 11.5. The van der Waals surface area contributed by atoms with Crippen LogP contribution in [0.3, 0.4) is 0 Å². The fraction of sp³-hybridized carbons (Fsp3) is 0.636. The van der Waals surface area contributed by atoms with Crippen molar-refractivity contribution in [2.24, 2.45) is 18.9 Å². The lowest BCUT2D eigenvalue weighted by atomic mass is 9.97. The van der Waals surface area contributed by atoms with Crippen molar-refractivity contribution in [1.82, 2.24) is 20.4 Å². The van der Waals surface area contributed by atoms with Gasteiger partial charge in [-0.1, -0.05) is 6.92 Å². The molecule has 16 heavy (non-hydrogen) atoms. The Bertz CT molecular complexity index is 374. The first-order valence-corrected chi connectivity index (χ1v) is 5.64. The van der Waals surface area contributed by atoms with E-state index in [-0.39, 0.29) is 11.8 Å². The molecule has 1 aliphatic heterocycles. The third-order valence-electron chi connectivity index (χ3n) is 3.07. The first-order chi connectivity index (χ1) is 7.66. The molecular weight excluding hydrogens is 204 g/mol. The van der Waals surface area contributed by atoms with Gasteiger partial charge >= 0.3 is 0 Å². The molecule has 1 aromatic rings. The predicted molar refractivity (Wildman–Crippen MR) is 60.6 cm³/mol. The van der Waals surface area contributed by atoms with Gasteiger partial charge in [-0.25, -0.2) is 0 Å². The Hall–Kier alpha value is -1.36. The maximum Gasteiger partial charge on any atom is 0.225 e. The van der Waals surface area contributed by atoms with Gasteiger partial charge in [0.2, 0.25) is 5.91 Å². The molecule has 88 valence electrons. The van der Waals surface area contributed by atoms with Gasteiger partial charge in [-0.05, 0) is 18.5 Å². The van der Waals surface area contributed by atoms with Crippen LogP contribution < -0.4 is 10.6 Å². The van der Waals surface area contributed by atoms with E-state index in [2.05, 4.69) is 22.7 Å². The molecule has 0 saturated carbocycles. The molecule has 0 bridgehead atoms. The van der Waals surface area contributed by atoms with E-state index in [0.717, 1.165) is 18.8 Å². The van der Waals surface area contributed by atoms with Crippen LogP contribution in [0.5, 0.6) is 0 Å². The SMILES string of the molecule is C[C@@H]1CNC[C@H]1C(=O)NCc1ccn(C)n1. The van der Waals surface area contributed by atoms with Crippen LogP contribution in [0, 0.1) is 11.8 Å². The maximum absolute atomic E-state index is 11.9. The van der Waals surface area contributed by atoms with Crippen molar-refractivity contribution >= 4 is 5.91 Å². The molecule has 1 aliphatic rings. The molecule has 5 nitrogen and oxygen atoms in total.